The van der Waals surface area contributed by atoms with Crippen molar-refractivity contribution in [1.29, 1.82) is 0 Å². The summed E-state index contributed by atoms with van der Waals surface area (Å²) in [5, 5.41) is 9.40. The van der Waals surface area contributed by atoms with Gasteiger partial charge in [0.25, 0.3) is 0 Å². The zero-order valence-corrected chi connectivity index (χ0v) is 6.13. The second kappa shape index (κ2) is 4.19. The fourth-order valence-corrected chi connectivity index (χ4v) is 0.949. The molecular formula is C5H9NO3S. The van der Waals surface area contributed by atoms with Gasteiger partial charge in [-0.15, -0.1) is 0 Å². The lowest BCUT2D eigenvalue weighted by Crippen LogP contribution is -2.35. The number of aliphatic carboxylic acids is 1. The lowest BCUT2D eigenvalue weighted by atomic mass is 10.4. The molecule has 4 nitrogen and oxygen atoms in total. The Kier molecular flexibility index (Phi) is 3.90. The van der Waals surface area contributed by atoms with Gasteiger partial charge in [0.05, 0.1) is 5.75 Å². The van der Waals surface area contributed by atoms with Gasteiger partial charge in [0.1, 0.15) is 6.04 Å². The number of hydrogen-bond acceptors (Lipinski definition) is 3. The SMILES string of the molecule is C=CS(=O)C[C@H](N)C(=O)O. The number of carboxylic acid groups (broad SMARTS) is 1. The first-order chi connectivity index (χ1) is 4.57. The molecule has 2 atom stereocenters. The van der Waals surface area contributed by atoms with Crippen molar-refractivity contribution in [3.05, 3.63) is 12.0 Å². The Morgan fingerprint density at radius 2 is 2.40 bits per heavy atom. The van der Waals surface area contributed by atoms with E-state index in [-0.39, 0.29) is 5.75 Å². The third kappa shape index (κ3) is 3.37. The summed E-state index contributed by atoms with van der Waals surface area (Å²) < 4.78 is 10.6. The van der Waals surface area contributed by atoms with Crippen molar-refractivity contribution in [2.45, 2.75) is 6.04 Å². The van der Waals surface area contributed by atoms with Crippen LogP contribution in [-0.4, -0.2) is 27.1 Å². The molecule has 0 aromatic heterocycles. The molecule has 0 rings (SSSR count). The van der Waals surface area contributed by atoms with Gasteiger partial charge in [-0.1, -0.05) is 6.58 Å². The van der Waals surface area contributed by atoms with Gasteiger partial charge in [-0.3, -0.25) is 9.00 Å². The van der Waals surface area contributed by atoms with E-state index in [1.807, 2.05) is 0 Å². The molecule has 0 radical (unpaired) electrons. The van der Waals surface area contributed by atoms with Crippen LogP contribution in [0.2, 0.25) is 0 Å². The standard InChI is InChI=1S/C5H9NO3S/c1-2-10(9)3-4(6)5(7)8/h2,4H,1,3,6H2,(H,7,8)/t4-,10?/m0/s1. The summed E-state index contributed by atoms with van der Waals surface area (Å²) in [6, 6.07) is -1.06. The molecule has 0 aliphatic carbocycles. The zero-order chi connectivity index (χ0) is 8.15. The van der Waals surface area contributed by atoms with Crippen LogP contribution in [0.5, 0.6) is 0 Å². The third-order valence-electron chi connectivity index (χ3n) is 0.847. The van der Waals surface area contributed by atoms with Crippen LogP contribution in [0.3, 0.4) is 0 Å². The van der Waals surface area contributed by atoms with Gasteiger partial charge in [0.15, 0.2) is 0 Å². The molecule has 0 aromatic carbocycles. The lowest BCUT2D eigenvalue weighted by molar-refractivity contribution is -0.137. The van der Waals surface area contributed by atoms with Crippen LogP contribution in [0, 0.1) is 0 Å². The van der Waals surface area contributed by atoms with Crippen molar-refractivity contribution >= 4 is 16.8 Å². The van der Waals surface area contributed by atoms with E-state index in [4.69, 9.17) is 10.8 Å². The van der Waals surface area contributed by atoms with Crippen molar-refractivity contribution in [2.24, 2.45) is 5.73 Å². The van der Waals surface area contributed by atoms with Crippen LogP contribution in [0.1, 0.15) is 0 Å². The molecule has 58 valence electrons. The van der Waals surface area contributed by atoms with E-state index in [0.717, 1.165) is 0 Å². The summed E-state index contributed by atoms with van der Waals surface area (Å²) in [5.41, 5.74) is 5.05. The normalized spacial score (nSPS) is 15.7. The first-order valence-electron chi connectivity index (χ1n) is 2.56. The summed E-state index contributed by atoms with van der Waals surface area (Å²) in [6.07, 6.45) is 0. The Bertz CT molecular complexity index is 168. The highest BCUT2D eigenvalue weighted by molar-refractivity contribution is 7.88. The van der Waals surface area contributed by atoms with Crippen LogP contribution in [0.4, 0.5) is 0 Å². The van der Waals surface area contributed by atoms with E-state index >= 15 is 0 Å². The van der Waals surface area contributed by atoms with Gasteiger partial charge in [-0.05, 0) is 5.41 Å². The smallest absolute Gasteiger partial charge is 0.321 e. The fourth-order valence-electron chi connectivity index (χ4n) is 0.316. The molecule has 0 aromatic rings. The Morgan fingerprint density at radius 1 is 1.90 bits per heavy atom. The maximum atomic E-state index is 10.6. The number of carboxylic acids is 1. The fraction of sp³-hybridized carbons (Fsp3) is 0.400. The predicted octanol–water partition coefficient (Wildman–Crippen LogP) is -0.710. The number of nitrogens with two attached hydrogens (primary N) is 1. The highest BCUT2D eigenvalue weighted by Crippen LogP contribution is 1.86. The maximum Gasteiger partial charge on any atom is 0.321 e. The number of carbonyl (C=O) groups is 1. The minimum absolute atomic E-state index is 0.0706. The average Bonchev–Trinajstić information content (AvgIpc) is 1.87. The van der Waals surface area contributed by atoms with Crippen molar-refractivity contribution < 1.29 is 14.1 Å². The van der Waals surface area contributed by atoms with Gasteiger partial charge in [0.2, 0.25) is 0 Å². The summed E-state index contributed by atoms with van der Waals surface area (Å²) in [4.78, 5) is 10.1. The minimum Gasteiger partial charge on any atom is -0.480 e. The van der Waals surface area contributed by atoms with Crippen LogP contribution in [0.25, 0.3) is 0 Å². The van der Waals surface area contributed by atoms with Crippen LogP contribution in [-0.2, 0) is 15.6 Å². The zero-order valence-electron chi connectivity index (χ0n) is 5.32. The predicted molar refractivity (Wildman–Crippen MR) is 38.8 cm³/mol. The first-order valence-corrected chi connectivity index (χ1v) is 3.94. The second-order valence-electron chi connectivity index (χ2n) is 1.66. The molecule has 0 aliphatic rings. The summed E-state index contributed by atoms with van der Waals surface area (Å²) in [5.74, 6) is -1.21. The molecule has 3 N–H and O–H groups in total. The van der Waals surface area contributed by atoms with Gasteiger partial charge in [-0.2, -0.15) is 0 Å². The lowest BCUT2D eigenvalue weighted by Gasteiger charge is -2.01. The molecule has 0 amide bonds. The van der Waals surface area contributed by atoms with Gasteiger partial charge in [0, 0.05) is 10.8 Å². The van der Waals surface area contributed by atoms with E-state index in [9.17, 15) is 9.00 Å². The number of rotatable bonds is 4. The molecule has 0 heterocycles. The third-order valence-corrected chi connectivity index (χ3v) is 1.91. The molecule has 5 heteroatoms. The van der Waals surface area contributed by atoms with Crippen molar-refractivity contribution in [2.75, 3.05) is 5.75 Å². The molecule has 0 fully saturated rings. The average molecular weight is 163 g/mol. The molecule has 0 bridgehead atoms. The first kappa shape index (κ1) is 9.32. The minimum atomic E-state index is -1.32. The molecule has 0 aliphatic heterocycles. The van der Waals surface area contributed by atoms with Crippen molar-refractivity contribution in [3.8, 4) is 0 Å². The molecule has 0 saturated carbocycles. The molecule has 0 spiro atoms. The second-order valence-corrected chi connectivity index (χ2v) is 3.09. The Morgan fingerprint density at radius 3 is 2.70 bits per heavy atom. The van der Waals surface area contributed by atoms with Gasteiger partial charge in [-0.25, -0.2) is 0 Å². The molecular weight excluding hydrogens is 154 g/mol. The summed E-state index contributed by atoms with van der Waals surface area (Å²) in [6.45, 7) is 3.22. The largest absolute Gasteiger partial charge is 0.480 e. The Labute approximate surface area is 61.2 Å². The maximum absolute atomic E-state index is 10.6. The van der Waals surface area contributed by atoms with E-state index in [2.05, 4.69) is 6.58 Å². The Hall–Kier alpha value is -0.680. The van der Waals surface area contributed by atoms with Crippen LogP contribution >= 0.6 is 0 Å². The monoisotopic (exact) mass is 163 g/mol. The van der Waals surface area contributed by atoms with Gasteiger partial charge < -0.3 is 10.8 Å². The highest BCUT2D eigenvalue weighted by atomic mass is 32.2. The molecule has 1 unspecified atom stereocenters. The van der Waals surface area contributed by atoms with E-state index in [0.29, 0.717) is 0 Å². The molecule has 10 heavy (non-hydrogen) atoms. The summed E-state index contributed by atoms with van der Waals surface area (Å²) in [7, 11) is -1.32. The van der Waals surface area contributed by atoms with E-state index in [1.165, 1.54) is 5.41 Å². The highest BCUT2D eigenvalue weighted by Gasteiger charge is 2.12. The number of hydrogen-bond donors (Lipinski definition) is 2. The van der Waals surface area contributed by atoms with E-state index < -0.39 is 22.8 Å². The summed E-state index contributed by atoms with van der Waals surface area (Å²) >= 11 is 0. The van der Waals surface area contributed by atoms with E-state index in [1.54, 1.807) is 0 Å². The Balaban J connectivity index is 3.79. The van der Waals surface area contributed by atoms with Crippen LogP contribution in [0.15, 0.2) is 12.0 Å². The van der Waals surface area contributed by atoms with Crippen LogP contribution < -0.4 is 5.73 Å². The quantitative estimate of drug-likeness (QED) is 0.573. The van der Waals surface area contributed by atoms with Crippen molar-refractivity contribution in [1.82, 2.24) is 0 Å². The van der Waals surface area contributed by atoms with Crippen molar-refractivity contribution in [3.63, 3.8) is 0 Å². The van der Waals surface area contributed by atoms with Gasteiger partial charge >= 0.3 is 5.97 Å². The topological polar surface area (TPSA) is 80.4 Å². The molecule has 0 saturated heterocycles.